The highest BCUT2D eigenvalue weighted by atomic mass is 79.9. The van der Waals surface area contributed by atoms with E-state index in [1.807, 2.05) is 54.6 Å². The number of fused-ring (bicyclic) bond motifs is 3. The molecule has 0 aromatic carbocycles. The highest BCUT2D eigenvalue weighted by Crippen LogP contribution is 2.42. The number of likely N-dealkylation sites (tertiary alicyclic amines) is 3. The molecule has 8 N–H and O–H groups in total. The smallest absolute Gasteiger partial charge is 0.341 e. The summed E-state index contributed by atoms with van der Waals surface area (Å²) in [5.74, 6) is -2.25. The monoisotopic (exact) mass is 1950 g/mol. The molecule has 602 valence electrons. The van der Waals surface area contributed by atoms with E-state index in [2.05, 4.69) is 154 Å². The number of hydrogen-bond acceptors (Lipinski definition) is 22. The summed E-state index contributed by atoms with van der Waals surface area (Å²) >= 11 is 20.9. The molecule has 15 rings (SSSR count). The first kappa shape index (κ1) is 86.4. The van der Waals surface area contributed by atoms with Crippen molar-refractivity contribution < 1.29 is 49.0 Å². The third kappa shape index (κ3) is 19.9. The Morgan fingerprint density at radius 3 is 1.05 bits per heavy atom. The van der Waals surface area contributed by atoms with E-state index in [4.69, 9.17) is 25.1 Å². The SMILES string of the molecule is N#CC1(c2ncc(Br)cc2Br)CCN(Cc2cc(C(=O)N[C@H]3CCOC[C@@H]3O)c(=O)n3ccccc23)CC1.N#CC1(c2ncc(Br)cc2Br)CCN(Cc2cc(C(=O)N[C@H]3CCOC[C@@H]3O)c(=O)n3ccccc23)CC1.N#CC1(c2ncc(Br)cc2Br)CCN(Cc2cc(C(=O)O)c(=O)n3ccccc23)CC1.N[C@H]1CCOC[C@@H]1O. The van der Waals surface area contributed by atoms with Crippen molar-refractivity contribution in [3.63, 3.8) is 0 Å². The zero-order valence-electron chi connectivity index (χ0n) is 62.2. The number of hydrogen-bond donors (Lipinski definition) is 7. The number of nitrogens with two attached hydrogens (primary N) is 1. The van der Waals surface area contributed by atoms with Gasteiger partial charge in [0.15, 0.2) is 0 Å². The summed E-state index contributed by atoms with van der Waals surface area (Å²) < 4.78 is 24.7. The Kier molecular flexibility index (Phi) is 29.1. The summed E-state index contributed by atoms with van der Waals surface area (Å²) in [7, 11) is 0. The molecular weight excluding hydrogens is 1870 g/mol. The zero-order valence-corrected chi connectivity index (χ0v) is 71.7. The van der Waals surface area contributed by atoms with E-state index in [-0.39, 0.29) is 35.9 Å². The molecule has 9 aromatic rings. The minimum atomic E-state index is -1.24. The molecule has 6 aliphatic rings. The topological polar surface area (TPSA) is 394 Å². The molecule has 0 radical (unpaired) electrons. The van der Waals surface area contributed by atoms with Crippen LogP contribution >= 0.6 is 95.6 Å². The van der Waals surface area contributed by atoms with Crippen molar-refractivity contribution in [3.8, 4) is 18.2 Å². The first-order valence-corrected chi connectivity index (χ1v) is 42.2. The number of carbonyl (C=O) groups excluding carboxylic acids is 2. The molecule has 6 aliphatic heterocycles. The minimum absolute atomic E-state index is 0.0359. The van der Waals surface area contributed by atoms with Crippen LogP contribution in [0.1, 0.15) is 123 Å². The summed E-state index contributed by atoms with van der Waals surface area (Å²) in [6.07, 6.45) is 13.3. The lowest BCUT2D eigenvalue weighted by atomic mass is 9.76. The van der Waals surface area contributed by atoms with Gasteiger partial charge in [0.05, 0.1) is 102 Å². The molecule has 6 atom stereocenters. The summed E-state index contributed by atoms with van der Waals surface area (Å²) in [5.41, 5.74) is 8.68. The number of pyridine rings is 9. The van der Waals surface area contributed by atoms with Crippen molar-refractivity contribution in [3.05, 3.63) is 237 Å². The van der Waals surface area contributed by atoms with Crippen LogP contribution in [-0.4, -0.2) is 196 Å². The number of aromatic carboxylic acids is 1. The van der Waals surface area contributed by atoms with Crippen molar-refractivity contribution in [2.75, 3.05) is 78.9 Å². The van der Waals surface area contributed by atoms with Crippen LogP contribution in [0.4, 0.5) is 0 Å². The van der Waals surface area contributed by atoms with Gasteiger partial charge in [-0.15, -0.1) is 0 Å². The van der Waals surface area contributed by atoms with Crippen LogP contribution in [0.2, 0.25) is 0 Å². The minimum Gasteiger partial charge on any atom is -0.477 e. The molecule has 2 amide bonds. The van der Waals surface area contributed by atoms with Gasteiger partial charge >= 0.3 is 5.97 Å². The Hall–Kier alpha value is -7.90. The van der Waals surface area contributed by atoms with Gasteiger partial charge in [0.2, 0.25) is 0 Å². The first-order valence-electron chi connectivity index (χ1n) is 37.4. The number of carbonyl (C=O) groups is 3. The largest absolute Gasteiger partial charge is 0.477 e. The quantitative estimate of drug-likeness (QED) is 0.0532. The van der Waals surface area contributed by atoms with Crippen molar-refractivity contribution >= 4 is 130 Å². The van der Waals surface area contributed by atoms with Crippen LogP contribution in [0.25, 0.3) is 16.6 Å². The highest BCUT2D eigenvalue weighted by molar-refractivity contribution is 9.11. The second kappa shape index (κ2) is 38.7. The average Bonchev–Trinajstić information content (AvgIpc) is 0.779. The Morgan fingerprint density at radius 1 is 0.470 bits per heavy atom. The maximum absolute atomic E-state index is 13.2. The molecule has 0 aliphatic carbocycles. The lowest BCUT2D eigenvalue weighted by Crippen LogP contribution is -2.49. The van der Waals surface area contributed by atoms with Crippen LogP contribution in [-0.2, 0) is 50.1 Å². The van der Waals surface area contributed by atoms with Gasteiger partial charge in [0, 0.05) is 149 Å². The van der Waals surface area contributed by atoms with Crippen molar-refractivity contribution in [2.24, 2.45) is 5.73 Å². The average molecular weight is 1950 g/mol. The number of carboxylic acid groups (broad SMARTS) is 1. The number of nitrogens with zero attached hydrogens (tertiary/aromatic N) is 12. The normalized spacial score (nSPS) is 21.4. The molecule has 34 heteroatoms. The molecule has 15 heterocycles. The predicted octanol–water partition coefficient (Wildman–Crippen LogP) is 9.38. The van der Waals surface area contributed by atoms with E-state index in [9.17, 15) is 59.9 Å². The van der Waals surface area contributed by atoms with Gasteiger partial charge in [-0.2, -0.15) is 15.8 Å². The summed E-state index contributed by atoms with van der Waals surface area (Å²) in [5, 5.41) is 74.7. The predicted molar refractivity (Wildman–Crippen MR) is 447 cm³/mol. The van der Waals surface area contributed by atoms with E-state index in [1.54, 1.807) is 67.5 Å². The Bertz CT molecular complexity index is 5190. The molecule has 0 unspecified atom stereocenters. The lowest BCUT2D eigenvalue weighted by Gasteiger charge is -2.37. The Labute approximate surface area is 712 Å². The fourth-order valence-corrected chi connectivity index (χ4v) is 19.4. The molecule has 6 fully saturated rings. The van der Waals surface area contributed by atoms with Gasteiger partial charge in [0.25, 0.3) is 28.5 Å². The third-order valence-corrected chi connectivity index (χ3v) is 25.1. The van der Waals surface area contributed by atoms with Crippen molar-refractivity contribution in [1.82, 2.24) is 53.5 Å². The number of halogens is 6. The number of piperidine rings is 3. The van der Waals surface area contributed by atoms with Gasteiger partial charge < -0.3 is 51.0 Å². The number of amides is 2. The maximum atomic E-state index is 13.2. The van der Waals surface area contributed by atoms with E-state index in [1.165, 1.54) is 19.3 Å². The number of aromatic nitrogens is 6. The molecule has 0 spiro atoms. The van der Waals surface area contributed by atoms with Gasteiger partial charge in [0.1, 0.15) is 32.9 Å². The lowest BCUT2D eigenvalue weighted by molar-refractivity contribution is -0.0261. The van der Waals surface area contributed by atoms with E-state index in [0.29, 0.717) is 142 Å². The van der Waals surface area contributed by atoms with Crippen LogP contribution in [0.5, 0.6) is 0 Å². The van der Waals surface area contributed by atoms with E-state index < -0.39 is 81.1 Å². The van der Waals surface area contributed by atoms with Crippen molar-refractivity contribution in [2.45, 2.75) is 130 Å². The van der Waals surface area contributed by atoms with Gasteiger partial charge in [-0.1, -0.05) is 18.2 Å². The number of nitriles is 3. The van der Waals surface area contributed by atoms with Crippen LogP contribution in [0.3, 0.4) is 0 Å². The molecular formula is C81H83Br6N15O13. The van der Waals surface area contributed by atoms with Crippen LogP contribution in [0.15, 0.2) is 169 Å². The highest BCUT2D eigenvalue weighted by Gasteiger charge is 2.43. The van der Waals surface area contributed by atoms with Gasteiger partial charge in [-0.05, 0) is 243 Å². The Balaban J connectivity index is 0.000000152. The molecule has 0 saturated carbocycles. The van der Waals surface area contributed by atoms with E-state index in [0.717, 1.165) is 78.1 Å². The fraction of sp³-hybridized carbons (Fsp3) is 0.407. The number of ether oxygens (including phenoxy) is 3. The number of aliphatic hydroxyl groups excluding tert-OH is 3. The second-order valence-corrected chi connectivity index (χ2v) is 34.6. The van der Waals surface area contributed by atoms with Crippen LogP contribution in [0, 0.1) is 34.0 Å². The van der Waals surface area contributed by atoms with E-state index >= 15 is 0 Å². The molecule has 0 bridgehead atoms. The second-order valence-electron chi connectivity index (χ2n) is 29.3. The maximum Gasteiger partial charge on any atom is 0.341 e. The first-order chi connectivity index (χ1) is 55.3. The number of nitrogens with one attached hydrogen (secondary N) is 2. The molecule has 6 saturated heterocycles. The number of rotatable bonds is 14. The summed E-state index contributed by atoms with van der Waals surface area (Å²) in [6.45, 7) is 7.74. The van der Waals surface area contributed by atoms with Gasteiger partial charge in [-0.3, -0.25) is 66.8 Å². The summed E-state index contributed by atoms with van der Waals surface area (Å²) in [6, 6.07) is 33.4. The number of carboxylic acids is 1. The molecule has 9 aromatic heterocycles. The third-order valence-electron chi connectivity index (χ3n) is 22.0. The molecule has 28 nitrogen and oxygen atoms in total. The van der Waals surface area contributed by atoms with Crippen LogP contribution < -0.4 is 33.0 Å². The van der Waals surface area contributed by atoms with Gasteiger partial charge in [-0.25, -0.2) is 4.79 Å². The van der Waals surface area contributed by atoms with Crippen molar-refractivity contribution in [1.29, 1.82) is 15.8 Å². The zero-order chi connectivity index (χ0) is 81.9. The Morgan fingerprint density at radius 2 is 0.774 bits per heavy atom. The fourth-order valence-electron chi connectivity index (χ4n) is 15.3. The number of aliphatic hydroxyl groups is 3. The standard InChI is InChI=1S/2C27H27Br2N5O4.C22H18Br2N4O3.C5H11NO2/c2*28-18-12-20(29)24(31-13-18)27(16-30)5-8-33(9-6-27)14-17-11-19(26(37)34-7-2-1-3-22(17)34)25(36)32-21-4-10-38-15-23(21)35;23-15-10-17(24)19(26-11-15)22(13-25)4-7-27(8-5-22)12-14-9-16(21(30)31)20(29)28-6-2-1-3-18(14)28;6-4-1-2-8-3-5(4)7/h2*1-3,7,11-13,21,23,35H,4-6,8-10,14-15H2,(H,32,36);1-3,6,9-11H,4-5,7-8,12H2,(H,30,31);4-5,7H,1-3,6H2/t2*21-,23-;;4-,5-/m00.0/s1. The summed E-state index contributed by atoms with van der Waals surface area (Å²) in [4.78, 5) is 97.1. The molecule has 115 heavy (non-hydrogen) atoms.